The average molecular weight is 418 g/mol. The van der Waals surface area contributed by atoms with E-state index in [1.165, 1.54) is 11.0 Å². The van der Waals surface area contributed by atoms with E-state index in [1.54, 1.807) is 41.3 Å². The quantitative estimate of drug-likeness (QED) is 0.821. The van der Waals surface area contributed by atoms with Crippen molar-refractivity contribution in [3.63, 3.8) is 0 Å². The van der Waals surface area contributed by atoms with Gasteiger partial charge in [-0.3, -0.25) is 19.3 Å². The van der Waals surface area contributed by atoms with Crippen molar-refractivity contribution in [2.24, 2.45) is 0 Å². The van der Waals surface area contributed by atoms with Gasteiger partial charge in [0.15, 0.2) is 0 Å². The Morgan fingerprint density at radius 3 is 2.68 bits per heavy atom. The van der Waals surface area contributed by atoms with Crippen LogP contribution in [0.2, 0.25) is 10.0 Å². The van der Waals surface area contributed by atoms with Gasteiger partial charge in [0.05, 0.1) is 22.0 Å². The number of halogens is 2. The molecule has 8 heteroatoms. The van der Waals surface area contributed by atoms with E-state index in [1.807, 2.05) is 6.92 Å². The summed E-state index contributed by atoms with van der Waals surface area (Å²) in [4.78, 5) is 41.5. The number of hydrogen-bond acceptors (Lipinski definition) is 3. The van der Waals surface area contributed by atoms with Gasteiger partial charge in [-0.1, -0.05) is 35.3 Å². The minimum absolute atomic E-state index is 0.0615. The van der Waals surface area contributed by atoms with Crippen molar-refractivity contribution in [2.75, 3.05) is 16.8 Å². The molecule has 1 fully saturated rings. The SMILES string of the molecule is CC12CCC(=O)N1c1ccccc1C(=O)N2CC(=O)Nc1ccc(Cl)cc1Cl. The molecule has 2 aromatic rings. The third-order valence-corrected chi connectivity index (χ3v) is 5.80. The third-order valence-electron chi connectivity index (χ3n) is 5.25. The fourth-order valence-electron chi connectivity index (χ4n) is 3.87. The van der Waals surface area contributed by atoms with Crippen LogP contribution in [0.25, 0.3) is 0 Å². The number of amides is 3. The number of hydrogen-bond donors (Lipinski definition) is 1. The summed E-state index contributed by atoms with van der Waals surface area (Å²) in [5, 5.41) is 3.47. The number of nitrogens with one attached hydrogen (secondary N) is 1. The van der Waals surface area contributed by atoms with Crippen LogP contribution in [0, 0.1) is 0 Å². The van der Waals surface area contributed by atoms with Gasteiger partial charge in [0.1, 0.15) is 12.2 Å². The van der Waals surface area contributed by atoms with E-state index in [9.17, 15) is 14.4 Å². The van der Waals surface area contributed by atoms with Gasteiger partial charge in [-0.05, 0) is 43.7 Å². The van der Waals surface area contributed by atoms with E-state index in [4.69, 9.17) is 23.2 Å². The largest absolute Gasteiger partial charge is 0.323 e. The molecule has 2 aliphatic rings. The fraction of sp³-hybridized carbons (Fsp3) is 0.250. The lowest BCUT2D eigenvalue weighted by atomic mass is 9.98. The van der Waals surface area contributed by atoms with E-state index in [0.717, 1.165) is 0 Å². The second-order valence-electron chi connectivity index (χ2n) is 7.03. The molecule has 0 saturated carbocycles. The maximum Gasteiger partial charge on any atom is 0.258 e. The molecule has 2 heterocycles. The van der Waals surface area contributed by atoms with Crippen LogP contribution >= 0.6 is 23.2 Å². The maximum atomic E-state index is 13.1. The topological polar surface area (TPSA) is 69.7 Å². The molecule has 2 aromatic carbocycles. The lowest BCUT2D eigenvalue weighted by Crippen LogP contribution is -2.63. The number of rotatable bonds is 3. The molecule has 1 unspecified atom stereocenters. The number of carbonyl (C=O) groups is 3. The zero-order valence-electron chi connectivity index (χ0n) is 15.0. The first-order chi connectivity index (χ1) is 13.3. The van der Waals surface area contributed by atoms with Crippen LogP contribution in [-0.2, 0) is 9.59 Å². The summed E-state index contributed by atoms with van der Waals surface area (Å²) in [5.74, 6) is -0.743. The number of fused-ring (bicyclic) bond motifs is 3. The Labute approximate surface area is 172 Å². The Kier molecular flexibility index (Phi) is 4.56. The van der Waals surface area contributed by atoms with Crippen molar-refractivity contribution < 1.29 is 14.4 Å². The predicted molar refractivity (Wildman–Crippen MR) is 108 cm³/mol. The number of anilines is 2. The van der Waals surface area contributed by atoms with Crippen LogP contribution in [0.5, 0.6) is 0 Å². The fourth-order valence-corrected chi connectivity index (χ4v) is 4.32. The molecule has 4 rings (SSSR count). The highest BCUT2D eigenvalue weighted by Crippen LogP contribution is 2.43. The molecular weight excluding hydrogens is 401 g/mol. The van der Waals surface area contributed by atoms with E-state index in [2.05, 4.69) is 5.32 Å². The van der Waals surface area contributed by atoms with Gasteiger partial charge < -0.3 is 10.2 Å². The zero-order valence-corrected chi connectivity index (χ0v) is 16.5. The van der Waals surface area contributed by atoms with Gasteiger partial charge >= 0.3 is 0 Å². The van der Waals surface area contributed by atoms with Crippen LogP contribution < -0.4 is 10.2 Å². The van der Waals surface area contributed by atoms with Crippen molar-refractivity contribution >= 4 is 52.3 Å². The van der Waals surface area contributed by atoms with Crippen molar-refractivity contribution in [3.05, 3.63) is 58.1 Å². The number of nitrogens with zero attached hydrogens (tertiary/aromatic N) is 2. The summed E-state index contributed by atoms with van der Waals surface area (Å²) in [5.41, 5.74) is 0.525. The van der Waals surface area contributed by atoms with E-state index in [0.29, 0.717) is 39.8 Å². The van der Waals surface area contributed by atoms with Gasteiger partial charge in [0.2, 0.25) is 11.8 Å². The van der Waals surface area contributed by atoms with Gasteiger partial charge in [0, 0.05) is 11.4 Å². The first-order valence-corrected chi connectivity index (χ1v) is 9.56. The number of benzene rings is 2. The molecule has 3 amide bonds. The van der Waals surface area contributed by atoms with Crippen LogP contribution in [0.15, 0.2) is 42.5 Å². The molecule has 1 N–H and O–H groups in total. The monoisotopic (exact) mass is 417 g/mol. The van der Waals surface area contributed by atoms with E-state index in [-0.39, 0.29) is 18.4 Å². The highest BCUT2D eigenvalue weighted by Gasteiger charge is 2.53. The number of para-hydroxylation sites is 1. The summed E-state index contributed by atoms with van der Waals surface area (Å²) < 4.78 is 0. The van der Waals surface area contributed by atoms with E-state index < -0.39 is 11.6 Å². The molecule has 0 aliphatic carbocycles. The molecule has 0 bridgehead atoms. The van der Waals surface area contributed by atoms with Crippen molar-refractivity contribution in [3.8, 4) is 0 Å². The first kappa shape index (κ1) is 18.8. The highest BCUT2D eigenvalue weighted by atomic mass is 35.5. The van der Waals surface area contributed by atoms with Gasteiger partial charge in [-0.25, -0.2) is 0 Å². The normalized spacial score (nSPS) is 20.8. The van der Waals surface area contributed by atoms with Crippen molar-refractivity contribution in [1.29, 1.82) is 0 Å². The number of carbonyl (C=O) groups excluding carboxylic acids is 3. The summed E-state index contributed by atoms with van der Waals surface area (Å²) in [6.45, 7) is 1.61. The Hall–Kier alpha value is -2.57. The zero-order chi connectivity index (χ0) is 20.1. The van der Waals surface area contributed by atoms with Crippen LogP contribution in [0.4, 0.5) is 11.4 Å². The van der Waals surface area contributed by atoms with Crippen LogP contribution in [0.3, 0.4) is 0 Å². The molecule has 1 atom stereocenters. The van der Waals surface area contributed by atoms with E-state index >= 15 is 0 Å². The highest BCUT2D eigenvalue weighted by molar-refractivity contribution is 6.36. The maximum absolute atomic E-state index is 13.1. The first-order valence-electron chi connectivity index (χ1n) is 8.80. The smallest absolute Gasteiger partial charge is 0.258 e. The second kappa shape index (κ2) is 6.79. The molecule has 144 valence electrons. The molecule has 6 nitrogen and oxygen atoms in total. The lowest BCUT2D eigenvalue weighted by Gasteiger charge is -2.48. The summed E-state index contributed by atoms with van der Waals surface area (Å²) in [7, 11) is 0. The summed E-state index contributed by atoms with van der Waals surface area (Å²) >= 11 is 12.0. The van der Waals surface area contributed by atoms with Crippen molar-refractivity contribution in [1.82, 2.24) is 4.90 Å². The molecule has 0 spiro atoms. The third kappa shape index (κ3) is 2.93. The lowest BCUT2D eigenvalue weighted by molar-refractivity contribution is -0.120. The Morgan fingerprint density at radius 2 is 1.93 bits per heavy atom. The van der Waals surface area contributed by atoms with Crippen LogP contribution in [0.1, 0.15) is 30.1 Å². The Balaban J connectivity index is 1.64. The van der Waals surface area contributed by atoms with Gasteiger partial charge in [-0.2, -0.15) is 0 Å². The molecule has 1 saturated heterocycles. The Morgan fingerprint density at radius 1 is 1.18 bits per heavy atom. The Bertz CT molecular complexity index is 1010. The molecule has 0 aromatic heterocycles. The molecular formula is C20H17Cl2N3O3. The van der Waals surface area contributed by atoms with Gasteiger partial charge in [-0.15, -0.1) is 0 Å². The second-order valence-corrected chi connectivity index (χ2v) is 7.87. The molecule has 2 aliphatic heterocycles. The minimum atomic E-state index is -0.885. The van der Waals surface area contributed by atoms with Crippen molar-refractivity contribution in [2.45, 2.75) is 25.4 Å². The summed E-state index contributed by atoms with van der Waals surface area (Å²) in [6, 6.07) is 11.7. The minimum Gasteiger partial charge on any atom is -0.323 e. The predicted octanol–water partition coefficient (Wildman–Crippen LogP) is 3.93. The molecule has 0 radical (unpaired) electrons. The summed E-state index contributed by atoms with van der Waals surface area (Å²) in [6.07, 6.45) is 0.778. The van der Waals surface area contributed by atoms with Gasteiger partial charge in [0.25, 0.3) is 5.91 Å². The standard InChI is InChI=1S/C20H17Cl2N3O3/c1-20-9-8-18(27)25(20)16-5-3-2-4-13(16)19(28)24(20)11-17(26)23-15-7-6-12(21)10-14(15)22/h2-7,10H,8-9,11H2,1H3,(H,23,26). The van der Waals surface area contributed by atoms with Crippen LogP contribution in [-0.4, -0.2) is 34.8 Å². The molecule has 28 heavy (non-hydrogen) atoms. The average Bonchev–Trinajstić information content (AvgIpc) is 2.97.